The molecule has 1 aromatic rings. The van der Waals surface area contributed by atoms with Crippen LogP contribution in [-0.2, 0) is 4.79 Å². The van der Waals surface area contributed by atoms with Crippen LogP contribution in [0.15, 0.2) is 24.3 Å². The molecule has 2 rings (SSSR count). The Morgan fingerprint density at radius 2 is 2.06 bits per heavy atom. The van der Waals surface area contributed by atoms with E-state index >= 15 is 0 Å². The van der Waals surface area contributed by atoms with Gasteiger partial charge in [-0.05, 0) is 31.4 Å². The number of rotatable bonds is 6. The van der Waals surface area contributed by atoms with Gasteiger partial charge in [-0.1, -0.05) is 19.1 Å². The molecule has 1 fully saturated rings. The molecule has 0 heterocycles. The second-order valence-electron chi connectivity index (χ2n) is 4.45. The predicted octanol–water partition coefficient (Wildman–Crippen LogP) is 2.13. The third-order valence-electron chi connectivity index (χ3n) is 2.93. The highest BCUT2D eigenvalue weighted by Gasteiger charge is 2.28. The van der Waals surface area contributed by atoms with Gasteiger partial charge in [-0.3, -0.25) is 4.79 Å². The Morgan fingerprint density at radius 1 is 1.39 bits per heavy atom. The first-order chi connectivity index (χ1) is 8.74. The lowest BCUT2D eigenvalue weighted by Crippen LogP contribution is -2.39. The Kier molecular flexibility index (Phi) is 4.07. The number of ether oxygens (including phenoxy) is 2. The molecule has 4 heteroatoms. The first-order valence-electron chi connectivity index (χ1n) is 6.34. The van der Waals surface area contributed by atoms with Gasteiger partial charge in [-0.15, -0.1) is 0 Å². The van der Waals surface area contributed by atoms with Crippen LogP contribution in [0.3, 0.4) is 0 Å². The van der Waals surface area contributed by atoms with Crippen LogP contribution in [0.1, 0.15) is 26.2 Å². The second kappa shape index (κ2) is 5.76. The normalized spacial score (nSPS) is 15.9. The molecule has 4 nitrogen and oxygen atoms in total. The molecule has 1 atom stereocenters. The lowest BCUT2D eigenvalue weighted by atomic mass is 10.2. The topological polar surface area (TPSA) is 47.6 Å². The summed E-state index contributed by atoms with van der Waals surface area (Å²) < 4.78 is 10.9. The van der Waals surface area contributed by atoms with Gasteiger partial charge >= 0.3 is 0 Å². The minimum Gasteiger partial charge on any atom is -0.493 e. The summed E-state index contributed by atoms with van der Waals surface area (Å²) in [7, 11) is 1.59. The van der Waals surface area contributed by atoms with Crippen LogP contribution in [0, 0.1) is 0 Å². The Morgan fingerprint density at radius 3 is 2.61 bits per heavy atom. The summed E-state index contributed by atoms with van der Waals surface area (Å²) in [5.74, 6) is 1.22. The summed E-state index contributed by atoms with van der Waals surface area (Å²) in [6, 6.07) is 7.72. The van der Waals surface area contributed by atoms with Crippen LogP contribution in [0.5, 0.6) is 11.5 Å². The van der Waals surface area contributed by atoms with Gasteiger partial charge in [0, 0.05) is 6.04 Å². The molecule has 1 N–H and O–H groups in total. The van der Waals surface area contributed by atoms with E-state index in [9.17, 15) is 4.79 Å². The van der Waals surface area contributed by atoms with Gasteiger partial charge < -0.3 is 14.8 Å². The minimum absolute atomic E-state index is 0.0362. The van der Waals surface area contributed by atoms with E-state index in [0.717, 1.165) is 12.8 Å². The number of carbonyl (C=O) groups excluding carboxylic acids is 1. The van der Waals surface area contributed by atoms with Crippen LogP contribution in [0.2, 0.25) is 0 Å². The molecule has 0 saturated heterocycles. The van der Waals surface area contributed by atoms with Gasteiger partial charge in [0.15, 0.2) is 17.6 Å². The van der Waals surface area contributed by atoms with Gasteiger partial charge in [-0.2, -0.15) is 0 Å². The fraction of sp³-hybridized carbons (Fsp3) is 0.500. The number of methoxy groups -OCH3 is 1. The molecular weight excluding hydrogens is 230 g/mol. The van der Waals surface area contributed by atoms with Crippen LogP contribution >= 0.6 is 0 Å². The number of amides is 1. The van der Waals surface area contributed by atoms with Crippen LogP contribution in [0.25, 0.3) is 0 Å². The van der Waals surface area contributed by atoms with E-state index in [1.165, 1.54) is 0 Å². The van der Waals surface area contributed by atoms with Crippen molar-refractivity contribution in [2.45, 2.75) is 38.3 Å². The summed E-state index contributed by atoms with van der Waals surface area (Å²) in [6.45, 7) is 1.94. The molecule has 0 bridgehead atoms. The van der Waals surface area contributed by atoms with Crippen LogP contribution in [0.4, 0.5) is 0 Å². The number of hydrogen-bond acceptors (Lipinski definition) is 3. The van der Waals surface area contributed by atoms with Gasteiger partial charge in [0.25, 0.3) is 5.91 Å². The SMILES string of the molecule is CC[C@@H](Oc1ccccc1OC)C(=O)NC1CC1. The zero-order valence-electron chi connectivity index (χ0n) is 10.8. The first-order valence-corrected chi connectivity index (χ1v) is 6.34. The standard InChI is InChI=1S/C14H19NO3/c1-3-11(14(16)15-10-8-9-10)18-13-7-5-4-6-12(13)17-2/h4-7,10-11H,3,8-9H2,1-2H3,(H,15,16)/t11-/m1/s1. The van der Waals surface area contributed by atoms with Crippen molar-refractivity contribution in [1.82, 2.24) is 5.32 Å². The maximum absolute atomic E-state index is 12.0. The molecule has 18 heavy (non-hydrogen) atoms. The monoisotopic (exact) mass is 249 g/mol. The fourth-order valence-corrected chi connectivity index (χ4v) is 1.71. The van der Waals surface area contributed by atoms with Crippen molar-refractivity contribution in [2.24, 2.45) is 0 Å². The van der Waals surface area contributed by atoms with Crippen molar-refractivity contribution in [3.8, 4) is 11.5 Å². The van der Waals surface area contributed by atoms with E-state index in [4.69, 9.17) is 9.47 Å². The molecule has 0 spiro atoms. The number of carbonyl (C=O) groups is 1. The highest BCUT2D eigenvalue weighted by molar-refractivity contribution is 5.81. The Hall–Kier alpha value is -1.71. The first kappa shape index (κ1) is 12.7. The molecule has 1 aliphatic carbocycles. The van der Waals surface area contributed by atoms with Crippen LogP contribution < -0.4 is 14.8 Å². The number of hydrogen-bond donors (Lipinski definition) is 1. The highest BCUT2D eigenvalue weighted by Crippen LogP contribution is 2.27. The smallest absolute Gasteiger partial charge is 0.261 e. The highest BCUT2D eigenvalue weighted by atomic mass is 16.5. The third-order valence-corrected chi connectivity index (χ3v) is 2.93. The minimum atomic E-state index is -0.457. The Labute approximate surface area is 107 Å². The zero-order valence-corrected chi connectivity index (χ0v) is 10.8. The molecule has 0 aliphatic heterocycles. The average molecular weight is 249 g/mol. The maximum Gasteiger partial charge on any atom is 0.261 e. The maximum atomic E-state index is 12.0. The number of para-hydroxylation sites is 2. The number of nitrogens with one attached hydrogen (secondary N) is 1. The lowest BCUT2D eigenvalue weighted by Gasteiger charge is -2.18. The van der Waals surface area contributed by atoms with Gasteiger partial charge in [0.1, 0.15) is 0 Å². The quantitative estimate of drug-likeness (QED) is 0.840. The van der Waals surface area contributed by atoms with Crippen molar-refractivity contribution < 1.29 is 14.3 Å². The summed E-state index contributed by atoms with van der Waals surface area (Å²) in [5, 5.41) is 2.96. The number of benzene rings is 1. The van der Waals surface area contributed by atoms with E-state index in [-0.39, 0.29) is 5.91 Å². The molecule has 0 unspecified atom stereocenters. The van der Waals surface area contributed by atoms with Crippen molar-refractivity contribution in [2.75, 3.05) is 7.11 Å². The van der Waals surface area contributed by atoms with E-state index in [2.05, 4.69) is 5.32 Å². The van der Waals surface area contributed by atoms with E-state index < -0.39 is 6.10 Å². The summed E-state index contributed by atoms with van der Waals surface area (Å²) in [4.78, 5) is 12.0. The summed E-state index contributed by atoms with van der Waals surface area (Å²) in [5.41, 5.74) is 0. The van der Waals surface area contributed by atoms with Crippen molar-refractivity contribution >= 4 is 5.91 Å². The lowest BCUT2D eigenvalue weighted by molar-refractivity contribution is -0.128. The average Bonchev–Trinajstić information content (AvgIpc) is 3.20. The van der Waals surface area contributed by atoms with Crippen molar-refractivity contribution in [3.63, 3.8) is 0 Å². The Balaban J connectivity index is 2.01. The second-order valence-corrected chi connectivity index (χ2v) is 4.45. The Bertz CT molecular complexity index is 415. The fourth-order valence-electron chi connectivity index (χ4n) is 1.71. The van der Waals surface area contributed by atoms with E-state index in [1.54, 1.807) is 7.11 Å². The molecule has 0 radical (unpaired) electrons. The molecule has 0 aromatic heterocycles. The van der Waals surface area contributed by atoms with Gasteiger partial charge in [-0.25, -0.2) is 0 Å². The molecular formula is C14H19NO3. The molecule has 1 saturated carbocycles. The largest absolute Gasteiger partial charge is 0.493 e. The van der Waals surface area contributed by atoms with Gasteiger partial charge in [0.2, 0.25) is 0 Å². The predicted molar refractivity (Wildman–Crippen MR) is 68.9 cm³/mol. The molecule has 98 valence electrons. The molecule has 1 amide bonds. The molecule has 1 aliphatic rings. The van der Waals surface area contributed by atoms with Crippen LogP contribution in [-0.4, -0.2) is 25.2 Å². The summed E-state index contributed by atoms with van der Waals surface area (Å²) >= 11 is 0. The van der Waals surface area contributed by atoms with Crippen molar-refractivity contribution in [1.29, 1.82) is 0 Å². The van der Waals surface area contributed by atoms with Crippen molar-refractivity contribution in [3.05, 3.63) is 24.3 Å². The molecule has 1 aromatic carbocycles. The summed E-state index contributed by atoms with van der Waals surface area (Å²) in [6.07, 6.45) is 2.34. The van der Waals surface area contributed by atoms with Gasteiger partial charge in [0.05, 0.1) is 7.11 Å². The van der Waals surface area contributed by atoms with E-state index in [1.807, 2.05) is 31.2 Å². The third kappa shape index (κ3) is 3.15. The van der Waals surface area contributed by atoms with E-state index in [0.29, 0.717) is 24.0 Å². The zero-order chi connectivity index (χ0) is 13.0.